The molecule has 0 radical (unpaired) electrons. The zero-order valence-corrected chi connectivity index (χ0v) is 42.5. The van der Waals surface area contributed by atoms with E-state index >= 15 is 0 Å². The van der Waals surface area contributed by atoms with Crippen LogP contribution in [-0.2, 0) is 40.5 Å². The molecule has 0 aliphatic rings. The van der Waals surface area contributed by atoms with E-state index in [1.54, 1.807) is 69.3 Å². The molecule has 27 heteroatoms. The molecule has 0 saturated carbocycles. The predicted octanol–water partition coefficient (Wildman–Crippen LogP) is 13.0. The highest BCUT2D eigenvalue weighted by Crippen LogP contribution is 2.44. The second-order valence-corrected chi connectivity index (χ2v) is 22.0. The lowest BCUT2D eigenvalue weighted by molar-refractivity contribution is 0.416. The summed E-state index contributed by atoms with van der Waals surface area (Å²) >= 11 is 0. The number of benzene rings is 8. The number of para-hydroxylation sites is 1. The molecule has 0 unspecified atom stereocenters. The summed E-state index contributed by atoms with van der Waals surface area (Å²) in [6.07, 6.45) is 0. The Hall–Kier alpha value is -8.28. The zero-order valence-electron chi connectivity index (χ0n) is 39.2. The van der Waals surface area contributed by atoms with Gasteiger partial charge in [0, 0.05) is 28.2 Å². The lowest BCUT2D eigenvalue weighted by Crippen LogP contribution is -2.05. The lowest BCUT2D eigenvalue weighted by Gasteiger charge is -2.12. The van der Waals surface area contributed by atoms with Crippen molar-refractivity contribution in [3.8, 4) is 11.5 Å². The van der Waals surface area contributed by atoms with Crippen LogP contribution in [0.2, 0.25) is 0 Å². The van der Waals surface area contributed by atoms with E-state index in [0.29, 0.717) is 62.6 Å². The van der Waals surface area contributed by atoms with Crippen LogP contribution in [0.3, 0.4) is 0 Å². The van der Waals surface area contributed by atoms with Crippen LogP contribution in [0, 0.1) is 20.8 Å². The van der Waals surface area contributed by atoms with E-state index < -0.39 is 88.0 Å². The molecule has 0 aliphatic carbocycles. The molecule has 8 aromatic rings. The fourth-order valence-electron chi connectivity index (χ4n) is 7.45. The molecule has 0 aliphatic heterocycles. The number of azo groups is 4. The van der Waals surface area contributed by atoms with Crippen molar-refractivity contribution in [2.75, 3.05) is 12.4 Å². The topological polar surface area (TPSA) is 358 Å². The highest BCUT2D eigenvalue weighted by molar-refractivity contribution is 7.87. The zero-order chi connectivity index (χ0) is 54.2. The van der Waals surface area contributed by atoms with Gasteiger partial charge in [0.2, 0.25) is 0 Å². The molecule has 0 fully saturated rings. The summed E-state index contributed by atoms with van der Waals surface area (Å²) in [5, 5.41) is 47.8. The summed E-state index contributed by atoms with van der Waals surface area (Å²) in [6.45, 7) is 5.13. The van der Waals surface area contributed by atoms with Crippen LogP contribution in [0.1, 0.15) is 16.7 Å². The summed E-state index contributed by atoms with van der Waals surface area (Å²) in [5.41, 5.74) is 4.05. The molecular weight excluding hydrogens is 1050 g/mol. The molecule has 0 heterocycles. The number of hydrogen-bond acceptors (Lipinski definition) is 19. The number of nitrogens with one attached hydrogen (secondary N) is 1. The number of phenolic OH excluding ortho intramolecular Hbond substituents is 1. The minimum atomic E-state index is -5.15. The molecule has 0 atom stereocenters. The Morgan fingerprint density at radius 3 is 1.53 bits per heavy atom. The van der Waals surface area contributed by atoms with Gasteiger partial charge < -0.3 is 15.2 Å². The van der Waals surface area contributed by atoms with Crippen molar-refractivity contribution >= 4 is 119 Å². The van der Waals surface area contributed by atoms with E-state index in [1.807, 2.05) is 30.3 Å². The number of nitrogens with zero attached hydrogens (tertiary/aromatic N) is 8. The van der Waals surface area contributed by atoms with Gasteiger partial charge in [-0.25, -0.2) is 0 Å². The van der Waals surface area contributed by atoms with Gasteiger partial charge in [-0.1, -0.05) is 18.2 Å². The van der Waals surface area contributed by atoms with Gasteiger partial charge in [0.25, 0.3) is 40.5 Å². The van der Waals surface area contributed by atoms with E-state index in [9.17, 15) is 57.0 Å². The van der Waals surface area contributed by atoms with Gasteiger partial charge in [-0.15, -0.1) is 15.3 Å². The molecule has 0 spiro atoms. The van der Waals surface area contributed by atoms with Crippen LogP contribution in [0.5, 0.6) is 11.5 Å². The third kappa shape index (κ3) is 12.1. The number of phenols is 1. The molecule has 0 bridgehead atoms. The number of ether oxygens (including phenoxy) is 1. The Morgan fingerprint density at radius 1 is 0.427 bits per heavy atom. The summed E-state index contributed by atoms with van der Waals surface area (Å²) in [4.78, 5) is -3.52. The van der Waals surface area contributed by atoms with Gasteiger partial charge in [0.05, 0.1) is 40.4 Å². The first-order valence-corrected chi connectivity index (χ1v) is 27.2. The van der Waals surface area contributed by atoms with E-state index in [1.165, 1.54) is 31.4 Å². The Labute approximate surface area is 427 Å². The van der Waals surface area contributed by atoms with Crippen molar-refractivity contribution in [1.29, 1.82) is 0 Å². The van der Waals surface area contributed by atoms with E-state index in [0.717, 1.165) is 17.8 Å². The maximum Gasteiger partial charge on any atom is 0.296 e. The quantitative estimate of drug-likeness (QED) is 0.0410. The third-order valence-corrected chi connectivity index (χ3v) is 14.6. The summed E-state index contributed by atoms with van der Waals surface area (Å²) in [5.74, 6) is -0.349. The number of rotatable bonds is 15. The number of methoxy groups -OCH3 is 1. The maximum atomic E-state index is 12.6. The lowest BCUT2D eigenvalue weighted by atomic mass is 10.1. The van der Waals surface area contributed by atoms with E-state index in [-0.39, 0.29) is 22.5 Å². The van der Waals surface area contributed by atoms with Crippen molar-refractivity contribution in [2.24, 2.45) is 40.9 Å². The van der Waals surface area contributed by atoms with Crippen molar-refractivity contribution in [3.63, 3.8) is 0 Å². The minimum absolute atomic E-state index is 0.148. The van der Waals surface area contributed by atoms with Gasteiger partial charge in [0.15, 0.2) is 5.75 Å². The maximum absolute atomic E-state index is 12.6. The van der Waals surface area contributed by atoms with Crippen LogP contribution < -0.4 is 10.1 Å². The van der Waals surface area contributed by atoms with Crippen molar-refractivity contribution in [1.82, 2.24) is 0 Å². The van der Waals surface area contributed by atoms with Crippen molar-refractivity contribution in [2.45, 2.75) is 40.4 Å². The van der Waals surface area contributed by atoms with Gasteiger partial charge in [0.1, 0.15) is 37.5 Å². The van der Waals surface area contributed by atoms with Crippen molar-refractivity contribution in [3.05, 3.63) is 144 Å². The molecule has 384 valence electrons. The first kappa shape index (κ1) is 53.0. The average molecular weight is 1090 g/mol. The first-order chi connectivity index (χ1) is 35.3. The van der Waals surface area contributed by atoms with Crippen LogP contribution >= 0.6 is 0 Å². The Balaban J connectivity index is 0.988. The monoisotopic (exact) mass is 1090 g/mol. The fourth-order valence-corrected chi connectivity index (χ4v) is 10.1. The molecule has 0 saturated heterocycles. The first-order valence-electron chi connectivity index (χ1n) is 21.5. The van der Waals surface area contributed by atoms with Crippen LogP contribution in [0.15, 0.2) is 188 Å². The molecule has 6 N–H and O–H groups in total. The van der Waals surface area contributed by atoms with Gasteiger partial charge in [-0.05, 0) is 151 Å². The summed E-state index contributed by atoms with van der Waals surface area (Å²) in [6, 6.07) is 30.8. The third-order valence-electron chi connectivity index (χ3n) is 11.1. The molecule has 0 aromatic heterocycles. The summed E-state index contributed by atoms with van der Waals surface area (Å²) in [7, 11) is -18.8. The van der Waals surface area contributed by atoms with E-state index in [2.05, 4.69) is 46.2 Å². The smallest absolute Gasteiger partial charge is 0.296 e. The van der Waals surface area contributed by atoms with Crippen LogP contribution in [0.25, 0.3) is 21.5 Å². The SMILES string of the molecule is COc1cc(N=Nc2ccc(N=Nc3ccc(N=Nc4cc5c(S(=O)(=O)O)cc(S(=O)(=O)O)cc5cc4S(=O)(=O)O)c(C)c3)c(C)c2)c(C)cc1N=Nc1c(S(=O)(=O)O)cc2cc(Nc3ccccc3)ccc2c1O. The number of fused-ring (bicyclic) bond motifs is 2. The van der Waals surface area contributed by atoms with Crippen molar-refractivity contribution < 1.29 is 61.7 Å². The second-order valence-electron chi connectivity index (χ2n) is 16.4. The number of aromatic hydroxyl groups is 1. The number of anilines is 2. The molecule has 8 rings (SSSR count). The van der Waals surface area contributed by atoms with Gasteiger partial charge in [-0.3, -0.25) is 18.2 Å². The standard InChI is InChI=1S/C48H39N9O14S4/c1-26-16-34(51-54-40-25-43(71-4)41(18-28(40)3)55-57-47-46(75(68,69)70)22-29-19-32(10-13-36(29)48(47)58)49-31-8-6-5-7-9-31)11-14-38(26)52-50-33-12-15-39(27(2)17-33)53-56-42-24-37-30(21-45(42)74(65,66)67)20-35(72(59,60)61)23-44(37)73(62,63)64/h5-25,49,58H,1-4H3,(H,59,60,61)(H,62,63,64)(H,65,66,67)(H,68,69,70). The van der Waals surface area contributed by atoms with Crippen LogP contribution in [0.4, 0.5) is 56.9 Å². The molecule has 8 aromatic carbocycles. The predicted molar refractivity (Wildman–Crippen MR) is 275 cm³/mol. The number of hydrogen-bond donors (Lipinski definition) is 6. The molecular formula is C48H39N9O14S4. The Morgan fingerprint density at radius 2 is 0.960 bits per heavy atom. The average Bonchev–Trinajstić information content (AvgIpc) is 3.33. The normalized spacial score (nSPS) is 12.8. The molecule has 0 amide bonds. The highest BCUT2D eigenvalue weighted by Gasteiger charge is 2.26. The molecule has 75 heavy (non-hydrogen) atoms. The van der Waals surface area contributed by atoms with Gasteiger partial charge >= 0.3 is 0 Å². The Kier molecular flexibility index (Phi) is 14.5. The molecule has 23 nitrogen and oxygen atoms in total. The van der Waals surface area contributed by atoms with Gasteiger partial charge in [-0.2, -0.15) is 59.2 Å². The van der Waals surface area contributed by atoms with Crippen LogP contribution in [-0.4, -0.2) is 64.1 Å². The number of aryl methyl sites for hydroxylation is 3. The second kappa shape index (κ2) is 20.6. The minimum Gasteiger partial charge on any atom is -0.505 e. The van der Waals surface area contributed by atoms with E-state index in [4.69, 9.17) is 4.74 Å². The largest absolute Gasteiger partial charge is 0.505 e. The highest BCUT2D eigenvalue weighted by atomic mass is 32.2. The summed E-state index contributed by atoms with van der Waals surface area (Å²) < 4.78 is 143. The fraction of sp³-hybridized carbons (Fsp3) is 0.0833. The Bertz CT molecular complexity index is 4250.